The average molecular weight is 418 g/mol. The lowest BCUT2D eigenvalue weighted by Gasteiger charge is -2.27. The van der Waals surface area contributed by atoms with E-state index in [0.717, 1.165) is 19.4 Å². The van der Waals surface area contributed by atoms with Gasteiger partial charge in [-0.3, -0.25) is 4.79 Å². The zero-order valence-electron chi connectivity index (χ0n) is 15.8. The van der Waals surface area contributed by atoms with E-state index in [4.69, 9.17) is 4.74 Å². The molecule has 7 nitrogen and oxygen atoms in total. The number of amides is 1. The molecule has 0 radical (unpaired) electrons. The second-order valence-electron chi connectivity index (χ2n) is 6.85. The highest BCUT2D eigenvalue weighted by Gasteiger charge is 2.31. The maximum Gasteiger partial charge on any atom is 0.254 e. The molecule has 1 amide bonds. The van der Waals surface area contributed by atoms with E-state index in [0.29, 0.717) is 44.0 Å². The van der Waals surface area contributed by atoms with Crippen molar-refractivity contribution >= 4 is 28.3 Å². The number of ether oxygens (including phenoxy) is 1. The lowest BCUT2D eigenvalue weighted by molar-refractivity contribution is 0.0727. The van der Waals surface area contributed by atoms with Gasteiger partial charge in [0, 0.05) is 37.8 Å². The molecule has 1 unspecified atom stereocenters. The summed E-state index contributed by atoms with van der Waals surface area (Å²) in [6.45, 7) is 4.71. The number of nitrogens with one attached hydrogen (secondary N) is 1. The number of hydrogen-bond donors (Lipinski definition) is 1. The summed E-state index contributed by atoms with van der Waals surface area (Å²) in [5.74, 6) is -0.0961. The van der Waals surface area contributed by atoms with E-state index in [9.17, 15) is 13.2 Å². The predicted octanol–water partition coefficient (Wildman–Crippen LogP) is 1.26. The molecule has 2 aliphatic heterocycles. The van der Waals surface area contributed by atoms with Gasteiger partial charge in [0.1, 0.15) is 0 Å². The molecule has 0 spiro atoms. The number of carbonyl (C=O) groups excluding carboxylic acids is 1. The number of likely N-dealkylation sites (N-methyl/N-ethyl adjacent to an activating group) is 1. The Labute approximate surface area is 167 Å². The van der Waals surface area contributed by atoms with Gasteiger partial charge in [-0.25, -0.2) is 8.42 Å². The van der Waals surface area contributed by atoms with Crippen molar-refractivity contribution in [2.24, 2.45) is 0 Å². The van der Waals surface area contributed by atoms with E-state index in [2.05, 4.69) is 5.32 Å². The lowest BCUT2D eigenvalue weighted by atomic mass is 10.1. The largest absolute Gasteiger partial charge is 0.379 e. The second-order valence-corrected chi connectivity index (χ2v) is 8.76. The number of sulfonamides is 1. The van der Waals surface area contributed by atoms with Gasteiger partial charge in [-0.05, 0) is 44.5 Å². The number of likely N-dealkylation sites (tertiary alicyclic amines) is 1. The molecule has 152 valence electrons. The SMILES string of the molecule is CNCC1CCCN1C(=O)c1ccc(C)c(S(=O)(=O)N2CCOCC2)c1.Cl. The van der Waals surface area contributed by atoms with Gasteiger partial charge >= 0.3 is 0 Å². The molecule has 1 aromatic rings. The Morgan fingerprint density at radius 2 is 1.96 bits per heavy atom. The highest BCUT2D eigenvalue weighted by molar-refractivity contribution is 7.89. The number of nitrogens with zero attached hydrogens (tertiary/aromatic N) is 2. The summed E-state index contributed by atoms with van der Waals surface area (Å²) in [6.07, 6.45) is 1.94. The van der Waals surface area contributed by atoms with Crippen LogP contribution in [-0.4, -0.2) is 76.0 Å². The highest BCUT2D eigenvalue weighted by atomic mass is 35.5. The minimum absolute atomic E-state index is 0. The van der Waals surface area contributed by atoms with Gasteiger partial charge in [-0.1, -0.05) is 6.07 Å². The molecule has 0 saturated carbocycles. The van der Waals surface area contributed by atoms with Gasteiger partial charge in [0.15, 0.2) is 0 Å². The fourth-order valence-corrected chi connectivity index (χ4v) is 5.31. The molecule has 0 aliphatic carbocycles. The highest BCUT2D eigenvalue weighted by Crippen LogP contribution is 2.25. The summed E-state index contributed by atoms with van der Waals surface area (Å²) in [7, 11) is -1.75. The summed E-state index contributed by atoms with van der Waals surface area (Å²) in [6, 6.07) is 5.15. The molecule has 0 aromatic heterocycles. The molecular weight excluding hydrogens is 390 g/mol. The number of aryl methyl sites for hydroxylation is 1. The van der Waals surface area contributed by atoms with Gasteiger partial charge in [0.25, 0.3) is 5.91 Å². The summed E-state index contributed by atoms with van der Waals surface area (Å²) in [5, 5.41) is 3.13. The molecule has 3 rings (SSSR count). The maximum atomic E-state index is 13.0. The molecule has 2 saturated heterocycles. The van der Waals surface area contributed by atoms with Crippen LogP contribution in [0.1, 0.15) is 28.8 Å². The van der Waals surface area contributed by atoms with Crippen LogP contribution in [0, 0.1) is 6.92 Å². The molecular formula is C18H28ClN3O4S. The number of rotatable bonds is 5. The van der Waals surface area contributed by atoms with Crippen LogP contribution < -0.4 is 5.32 Å². The molecule has 2 heterocycles. The van der Waals surface area contributed by atoms with E-state index in [1.165, 1.54) is 10.4 Å². The van der Waals surface area contributed by atoms with Crippen LogP contribution in [0.3, 0.4) is 0 Å². The third kappa shape index (κ3) is 4.63. The third-order valence-electron chi connectivity index (χ3n) is 5.10. The number of hydrogen-bond acceptors (Lipinski definition) is 5. The first-order valence-electron chi connectivity index (χ1n) is 9.09. The van der Waals surface area contributed by atoms with Gasteiger partial charge < -0.3 is 15.0 Å². The molecule has 2 aliphatic rings. The molecule has 1 N–H and O–H groups in total. The Morgan fingerprint density at radius 3 is 2.63 bits per heavy atom. The number of carbonyl (C=O) groups is 1. The van der Waals surface area contributed by atoms with Crippen molar-refractivity contribution in [3.8, 4) is 0 Å². The Hall–Kier alpha value is -1.19. The Kier molecular flexibility index (Phi) is 7.64. The van der Waals surface area contributed by atoms with Gasteiger partial charge in [0.05, 0.1) is 18.1 Å². The van der Waals surface area contributed by atoms with Gasteiger partial charge in [0.2, 0.25) is 10.0 Å². The van der Waals surface area contributed by atoms with E-state index in [1.54, 1.807) is 19.1 Å². The van der Waals surface area contributed by atoms with Crippen molar-refractivity contribution in [2.75, 3.05) is 46.4 Å². The first-order valence-corrected chi connectivity index (χ1v) is 10.5. The molecule has 0 bridgehead atoms. The van der Waals surface area contributed by atoms with E-state index >= 15 is 0 Å². The van der Waals surface area contributed by atoms with Crippen LogP contribution in [0.5, 0.6) is 0 Å². The first kappa shape index (κ1) is 22.1. The van der Waals surface area contributed by atoms with Crippen LogP contribution >= 0.6 is 12.4 Å². The molecule has 27 heavy (non-hydrogen) atoms. The smallest absolute Gasteiger partial charge is 0.254 e. The summed E-state index contributed by atoms with van der Waals surface area (Å²) >= 11 is 0. The molecule has 9 heteroatoms. The van der Waals surface area contributed by atoms with Crippen molar-refractivity contribution in [1.29, 1.82) is 0 Å². The maximum absolute atomic E-state index is 13.0. The minimum Gasteiger partial charge on any atom is -0.379 e. The van der Waals surface area contributed by atoms with Gasteiger partial charge in [-0.2, -0.15) is 4.31 Å². The minimum atomic E-state index is -3.63. The number of morpholine rings is 1. The molecule has 2 fully saturated rings. The molecule has 1 atom stereocenters. The Morgan fingerprint density at radius 1 is 1.26 bits per heavy atom. The summed E-state index contributed by atoms with van der Waals surface area (Å²) < 4.78 is 32.7. The second kappa shape index (κ2) is 9.34. The van der Waals surface area contributed by atoms with Crippen LogP contribution in [0.25, 0.3) is 0 Å². The number of benzene rings is 1. The first-order chi connectivity index (χ1) is 12.4. The van der Waals surface area contributed by atoms with Crippen molar-refractivity contribution in [3.63, 3.8) is 0 Å². The number of halogens is 1. The fourth-order valence-electron chi connectivity index (χ4n) is 3.65. The quantitative estimate of drug-likeness (QED) is 0.780. The zero-order valence-corrected chi connectivity index (χ0v) is 17.4. The van der Waals surface area contributed by atoms with E-state index in [1.807, 2.05) is 11.9 Å². The van der Waals surface area contributed by atoms with Crippen LogP contribution in [-0.2, 0) is 14.8 Å². The van der Waals surface area contributed by atoms with E-state index in [-0.39, 0.29) is 29.3 Å². The summed E-state index contributed by atoms with van der Waals surface area (Å²) in [4.78, 5) is 15.0. The topological polar surface area (TPSA) is 79.0 Å². The average Bonchev–Trinajstić information content (AvgIpc) is 3.11. The monoisotopic (exact) mass is 417 g/mol. The molecule has 1 aromatic carbocycles. The summed E-state index contributed by atoms with van der Waals surface area (Å²) in [5.41, 5.74) is 1.09. The van der Waals surface area contributed by atoms with Crippen LogP contribution in [0.4, 0.5) is 0 Å². The van der Waals surface area contributed by atoms with E-state index < -0.39 is 10.0 Å². The van der Waals surface area contributed by atoms with Crippen molar-refractivity contribution in [3.05, 3.63) is 29.3 Å². The van der Waals surface area contributed by atoms with Gasteiger partial charge in [-0.15, -0.1) is 12.4 Å². The zero-order chi connectivity index (χ0) is 18.7. The third-order valence-corrected chi connectivity index (χ3v) is 7.14. The lowest BCUT2D eigenvalue weighted by Crippen LogP contribution is -2.41. The van der Waals surface area contributed by atoms with Crippen LogP contribution in [0.2, 0.25) is 0 Å². The van der Waals surface area contributed by atoms with Crippen molar-refractivity contribution < 1.29 is 17.9 Å². The van der Waals surface area contributed by atoms with Crippen molar-refractivity contribution in [1.82, 2.24) is 14.5 Å². The predicted molar refractivity (Wildman–Crippen MR) is 106 cm³/mol. The Bertz CT molecular complexity index is 766. The fraction of sp³-hybridized carbons (Fsp3) is 0.611. The van der Waals surface area contributed by atoms with Crippen LogP contribution in [0.15, 0.2) is 23.1 Å². The van der Waals surface area contributed by atoms with Crippen molar-refractivity contribution in [2.45, 2.75) is 30.7 Å². The standard InChI is InChI=1S/C18H27N3O4S.ClH/c1-14-5-6-15(18(22)21-7-3-4-16(21)13-19-2)12-17(14)26(23,24)20-8-10-25-11-9-20;/h5-6,12,16,19H,3-4,7-11,13H2,1-2H3;1H. The Balaban J connectivity index is 0.00000261. The normalized spacial score (nSPS) is 21.1.